The van der Waals surface area contributed by atoms with Crippen molar-refractivity contribution in [3.05, 3.63) is 11.6 Å². The zero-order chi connectivity index (χ0) is 19.5. The number of aromatic nitrogens is 3. The lowest BCUT2D eigenvalue weighted by molar-refractivity contribution is 0.195. The molecule has 0 radical (unpaired) electrons. The van der Waals surface area contributed by atoms with Gasteiger partial charge >= 0.3 is 0 Å². The molecule has 0 bridgehead atoms. The highest BCUT2D eigenvalue weighted by Gasteiger charge is 2.15. The normalized spacial score (nSPS) is 16.5. The van der Waals surface area contributed by atoms with E-state index >= 15 is 0 Å². The molecule has 1 aromatic heterocycles. The van der Waals surface area contributed by atoms with Crippen molar-refractivity contribution in [1.29, 1.82) is 0 Å². The first-order valence-corrected chi connectivity index (χ1v) is 10.5. The third-order valence-corrected chi connectivity index (χ3v) is 5.49. The van der Waals surface area contributed by atoms with E-state index in [1.54, 1.807) is 7.11 Å². The van der Waals surface area contributed by atoms with Gasteiger partial charge in [0, 0.05) is 33.4 Å². The lowest BCUT2D eigenvalue weighted by Crippen LogP contribution is -2.43. The fourth-order valence-corrected chi connectivity index (χ4v) is 3.58. The van der Waals surface area contributed by atoms with Crippen molar-refractivity contribution in [3.8, 4) is 0 Å². The summed E-state index contributed by atoms with van der Waals surface area (Å²) in [5.74, 6) is 3.55. The first kappa shape index (κ1) is 25.1. The Balaban J connectivity index is 0.00000392. The molecular weight excluding hydrogens is 467 g/mol. The van der Waals surface area contributed by atoms with Gasteiger partial charge in [-0.25, -0.2) is 4.99 Å². The molecule has 162 valence electrons. The van der Waals surface area contributed by atoms with E-state index in [0.717, 1.165) is 43.1 Å². The number of halogens is 1. The minimum atomic E-state index is 0. The molecule has 1 aromatic rings. The second-order valence-corrected chi connectivity index (χ2v) is 7.79. The largest absolute Gasteiger partial charge is 0.385 e. The molecule has 1 saturated carbocycles. The van der Waals surface area contributed by atoms with E-state index in [1.165, 1.54) is 44.9 Å². The molecule has 28 heavy (non-hydrogen) atoms. The molecule has 2 N–H and O–H groups in total. The molecule has 7 nitrogen and oxygen atoms in total. The molecular formula is C20H39IN6O. The number of hydrogen-bond acceptors (Lipinski definition) is 4. The average molecular weight is 506 g/mol. The van der Waals surface area contributed by atoms with Crippen LogP contribution in [-0.4, -0.2) is 47.0 Å². The van der Waals surface area contributed by atoms with Crippen LogP contribution in [0.25, 0.3) is 0 Å². The predicted octanol–water partition coefficient (Wildman–Crippen LogP) is 3.56. The van der Waals surface area contributed by atoms with Gasteiger partial charge in [-0.3, -0.25) is 0 Å². The summed E-state index contributed by atoms with van der Waals surface area (Å²) < 4.78 is 7.12. The van der Waals surface area contributed by atoms with E-state index in [0.29, 0.717) is 12.6 Å². The summed E-state index contributed by atoms with van der Waals surface area (Å²) >= 11 is 0. The van der Waals surface area contributed by atoms with Crippen LogP contribution >= 0.6 is 24.0 Å². The van der Waals surface area contributed by atoms with E-state index in [4.69, 9.17) is 9.73 Å². The molecule has 1 heterocycles. The van der Waals surface area contributed by atoms with Gasteiger partial charge in [0.2, 0.25) is 0 Å². The average Bonchev–Trinajstić information content (AvgIpc) is 3.00. The number of guanidine groups is 1. The molecule has 1 fully saturated rings. The maximum atomic E-state index is 5.14. The number of nitrogens with one attached hydrogen (secondary N) is 2. The second-order valence-electron chi connectivity index (χ2n) is 7.79. The first-order valence-electron chi connectivity index (χ1n) is 10.5. The van der Waals surface area contributed by atoms with Gasteiger partial charge in [0.05, 0.1) is 0 Å². The maximum absolute atomic E-state index is 5.14. The lowest BCUT2D eigenvalue weighted by Gasteiger charge is -2.24. The number of ether oxygens (including phenoxy) is 1. The highest BCUT2D eigenvalue weighted by molar-refractivity contribution is 14.0. The molecule has 0 saturated heterocycles. The molecule has 1 aliphatic carbocycles. The van der Waals surface area contributed by atoms with Crippen LogP contribution in [0.3, 0.4) is 0 Å². The van der Waals surface area contributed by atoms with Crippen LogP contribution in [0.5, 0.6) is 0 Å². The van der Waals surface area contributed by atoms with Crippen LogP contribution in [0, 0.1) is 12.8 Å². The van der Waals surface area contributed by atoms with Crippen LogP contribution in [0.4, 0.5) is 0 Å². The van der Waals surface area contributed by atoms with Gasteiger partial charge < -0.3 is 19.9 Å². The third kappa shape index (κ3) is 9.07. The number of aryl methyl sites for hydroxylation is 1. The molecule has 2 rings (SSSR count). The van der Waals surface area contributed by atoms with E-state index in [1.807, 2.05) is 18.5 Å². The number of methoxy groups -OCH3 is 1. The summed E-state index contributed by atoms with van der Waals surface area (Å²) in [6, 6.07) is 0.404. The van der Waals surface area contributed by atoms with Gasteiger partial charge in [-0.1, -0.05) is 32.1 Å². The Labute approximate surface area is 187 Å². The SMILES string of the molecule is COCCCNC(=NCc1nnc(C)n1C)NC(C)CCC1CCCCC1.I. The number of rotatable bonds is 10. The summed E-state index contributed by atoms with van der Waals surface area (Å²) in [6.07, 6.45) is 10.5. The Morgan fingerprint density at radius 2 is 2.04 bits per heavy atom. The minimum Gasteiger partial charge on any atom is -0.385 e. The van der Waals surface area contributed by atoms with E-state index in [-0.39, 0.29) is 24.0 Å². The molecule has 0 amide bonds. The van der Waals surface area contributed by atoms with Crippen molar-refractivity contribution >= 4 is 29.9 Å². The summed E-state index contributed by atoms with van der Waals surface area (Å²) in [7, 11) is 3.71. The quantitative estimate of drug-likeness (QED) is 0.220. The van der Waals surface area contributed by atoms with E-state index in [2.05, 4.69) is 27.8 Å². The molecule has 1 aliphatic rings. The van der Waals surface area contributed by atoms with Crippen molar-refractivity contribution in [2.75, 3.05) is 20.3 Å². The lowest BCUT2D eigenvalue weighted by atomic mass is 9.85. The molecule has 0 spiro atoms. The van der Waals surface area contributed by atoms with Crippen molar-refractivity contribution in [3.63, 3.8) is 0 Å². The van der Waals surface area contributed by atoms with Gasteiger partial charge in [-0.05, 0) is 39.0 Å². The molecule has 8 heteroatoms. The Bertz CT molecular complexity index is 571. The monoisotopic (exact) mass is 506 g/mol. The minimum absolute atomic E-state index is 0. The molecule has 1 atom stereocenters. The number of hydrogen-bond donors (Lipinski definition) is 2. The highest BCUT2D eigenvalue weighted by Crippen LogP contribution is 2.27. The summed E-state index contributed by atoms with van der Waals surface area (Å²) in [5.41, 5.74) is 0. The Hall–Kier alpha value is -0.900. The van der Waals surface area contributed by atoms with Gasteiger partial charge in [0.25, 0.3) is 0 Å². The maximum Gasteiger partial charge on any atom is 0.191 e. The van der Waals surface area contributed by atoms with Gasteiger partial charge in [-0.2, -0.15) is 0 Å². The van der Waals surface area contributed by atoms with Crippen LogP contribution in [-0.2, 0) is 18.3 Å². The van der Waals surface area contributed by atoms with Crippen LogP contribution < -0.4 is 10.6 Å². The standard InChI is InChI=1S/C20H38N6O.HI/c1-16(11-12-18-9-6-5-7-10-18)23-20(21-13-8-14-27-4)22-15-19-25-24-17(2)26(19)3;/h16,18H,5-15H2,1-4H3,(H2,21,22,23);1H. The molecule has 0 aromatic carbocycles. The van der Waals surface area contributed by atoms with Gasteiger partial charge in [0.15, 0.2) is 11.8 Å². The summed E-state index contributed by atoms with van der Waals surface area (Å²) in [6.45, 7) is 6.32. The van der Waals surface area contributed by atoms with Crippen LogP contribution in [0.2, 0.25) is 0 Å². The number of nitrogens with zero attached hydrogens (tertiary/aromatic N) is 4. The first-order chi connectivity index (χ1) is 13.1. The zero-order valence-corrected chi connectivity index (χ0v) is 20.4. The predicted molar refractivity (Wildman–Crippen MR) is 125 cm³/mol. The Morgan fingerprint density at radius 1 is 1.29 bits per heavy atom. The smallest absolute Gasteiger partial charge is 0.191 e. The zero-order valence-electron chi connectivity index (χ0n) is 18.0. The summed E-state index contributed by atoms with van der Waals surface area (Å²) in [4.78, 5) is 4.73. The highest BCUT2D eigenvalue weighted by atomic mass is 127. The van der Waals surface area contributed by atoms with Gasteiger partial charge in [-0.15, -0.1) is 34.2 Å². The van der Waals surface area contributed by atoms with Crippen LogP contribution in [0.1, 0.15) is 69.9 Å². The molecule has 0 aliphatic heterocycles. The van der Waals surface area contributed by atoms with Crippen molar-refractivity contribution < 1.29 is 4.74 Å². The van der Waals surface area contributed by atoms with Crippen molar-refractivity contribution in [2.45, 2.75) is 77.8 Å². The second kappa shape index (κ2) is 14.1. The Morgan fingerprint density at radius 3 is 2.68 bits per heavy atom. The van der Waals surface area contributed by atoms with Crippen molar-refractivity contribution in [2.24, 2.45) is 18.0 Å². The fourth-order valence-electron chi connectivity index (χ4n) is 3.58. The molecule has 1 unspecified atom stereocenters. The topological polar surface area (TPSA) is 76.4 Å². The number of aliphatic imine (C=N–C) groups is 1. The fraction of sp³-hybridized carbons (Fsp3) is 0.850. The third-order valence-electron chi connectivity index (χ3n) is 5.49. The van der Waals surface area contributed by atoms with Gasteiger partial charge in [0.1, 0.15) is 12.4 Å². The summed E-state index contributed by atoms with van der Waals surface area (Å²) in [5, 5.41) is 15.3. The van der Waals surface area contributed by atoms with Crippen LogP contribution in [0.15, 0.2) is 4.99 Å². The van der Waals surface area contributed by atoms with E-state index in [9.17, 15) is 0 Å². The van der Waals surface area contributed by atoms with Crippen molar-refractivity contribution in [1.82, 2.24) is 25.4 Å². The Kier molecular flexibility index (Phi) is 12.7. The van der Waals surface area contributed by atoms with E-state index < -0.39 is 0 Å².